The van der Waals surface area contributed by atoms with Gasteiger partial charge in [-0.3, -0.25) is 4.98 Å². The lowest BCUT2D eigenvalue weighted by Gasteiger charge is -2.32. The molecule has 6 heteroatoms. The van der Waals surface area contributed by atoms with E-state index in [2.05, 4.69) is 22.4 Å². The second-order valence-corrected chi connectivity index (χ2v) is 6.36. The van der Waals surface area contributed by atoms with Crippen molar-refractivity contribution in [3.05, 3.63) is 64.4 Å². The Balaban J connectivity index is 1.53. The van der Waals surface area contributed by atoms with Crippen molar-refractivity contribution >= 4 is 16.8 Å². The first-order chi connectivity index (χ1) is 12.2. The number of nitrogens with one attached hydrogen (secondary N) is 2. The van der Waals surface area contributed by atoms with Gasteiger partial charge in [0.1, 0.15) is 5.82 Å². The predicted molar refractivity (Wildman–Crippen MR) is 93.4 cm³/mol. The molecule has 0 amide bonds. The number of hydrogen-bond donors (Lipinski definition) is 2. The molecule has 3 aromatic rings. The van der Waals surface area contributed by atoms with Crippen LogP contribution in [0.15, 0.2) is 51.7 Å². The van der Waals surface area contributed by atoms with Gasteiger partial charge in [-0.1, -0.05) is 30.3 Å². The molecule has 2 heterocycles. The fourth-order valence-electron chi connectivity index (χ4n) is 3.48. The van der Waals surface area contributed by atoms with E-state index in [0.29, 0.717) is 35.9 Å². The molecular formula is C19H19FN2O3. The van der Waals surface area contributed by atoms with E-state index in [9.17, 15) is 9.18 Å². The highest BCUT2D eigenvalue weighted by molar-refractivity contribution is 5.77. The minimum Gasteiger partial charge on any atom is -0.408 e. The quantitative estimate of drug-likeness (QED) is 0.762. The molecule has 0 saturated carbocycles. The summed E-state index contributed by atoms with van der Waals surface area (Å²) >= 11 is 0. The van der Waals surface area contributed by atoms with E-state index in [-0.39, 0.29) is 5.92 Å². The molecule has 4 rings (SSSR count). The maximum Gasteiger partial charge on any atom is 0.417 e. The number of halogens is 1. The molecule has 130 valence electrons. The Labute approximate surface area is 143 Å². The number of aromatic amines is 1. The van der Waals surface area contributed by atoms with Gasteiger partial charge in [-0.05, 0) is 17.9 Å². The zero-order chi connectivity index (χ0) is 17.2. The first-order valence-electron chi connectivity index (χ1n) is 8.39. The predicted octanol–water partition coefficient (Wildman–Crippen LogP) is 3.49. The van der Waals surface area contributed by atoms with Crippen molar-refractivity contribution in [2.24, 2.45) is 5.92 Å². The van der Waals surface area contributed by atoms with Crippen LogP contribution in [0.4, 0.5) is 10.1 Å². The number of benzene rings is 2. The summed E-state index contributed by atoms with van der Waals surface area (Å²) in [5.41, 5.74) is 2.31. The normalized spacial score (nSPS) is 20.7. The van der Waals surface area contributed by atoms with Gasteiger partial charge in [-0.25, -0.2) is 9.18 Å². The first-order valence-corrected chi connectivity index (χ1v) is 8.39. The largest absolute Gasteiger partial charge is 0.417 e. The summed E-state index contributed by atoms with van der Waals surface area (Å²) in [4.78, 5) is 13.7. The van der Waals surface area contributed by atoms with Crippen LogP contribution >= 0.6 is 0 Å². The SMILES string of the molecule is O=c1[nH]c2cc(F)c(NCC3COCCC3c3ccccc3)cc2o1. The molecule has 2 aromatic carbocycles. The van der Waals surface area contributed by atoms with Crippen molar-refractivity contribution in [3.63, 3.8) is 0 Å². The molecule has 0 radical (unpaired) electrons. The first kappa shape index (κ1) is 15.9. The van der Waals surface area contributed by atoms with Crippen LogP contribution in [-0.2, 0) is 4.74 Å². The van der Waals surface area contributed by atoms with Crippen LogP contribution < -0.4 is 11.1 Å². The molecule has 2 N–H and O–H groups in total. The molecule has 2 unspecified atom stereocenters. The number of anilines is 1. The summed E-state index contributed by atoms with van der Waals surface area (Å²) in [6.45, 7) is 1.96. The number of rotatable bonds is 4. The van der Waals surface area contributed by atoms with Crippen LogP contribution in [0.2, 0.25) is 0 Å². The van der Waals surface area contributed by atoms with Crippen molar-refractivity contribution in [2.45, 2.75) is 12.3 Å². The molecule has 25 heavy (non-hydrogen) atoms. The van der Waals surface area contributed by atoms with Gasteiger partial charge in [-0.15, -0.1) is 0 Å². The van der Waals surface area contributed by atoms with Gasteiger partial charge < -0.3 is 14.5 Å². The van der Waals surface area contributed by atoms with Crippen molar-refractivity contribution in [1.29, 1.82) is 0 Å². The second-order valence-electron chi connectivity index (χ2n) is 6.36. The molecule has 1 aliphatic rings. The van der Waals surface area contributed by atoms with E-state index in [1.165, 1.54) is 17.7 Å². The number of aromatic nitrogens is 1. The average molecular weight is 342 g/mol. The fourth-order valence-corrected chi connectivity index (χ4v) is 3.48. The monoisotopic (exact) mass is 342 g/mol. The number of ether oxygens (including phenoxy) is 1. The van der Waals surface area contributed by atoms with Crippen molar-refractivity contribution < 1.29 is 13.5 Å². The standard InChI is InChI=1S/C19H19FN2O3/c20-15-8-17-18(25-19(23)22-17)9-16(15)21-10-13-11-24-7-6-14(13)12-4-2-1-3-5-12/h1-5,8-9,13-14,21H,6-7,10-11H2,(H,22,23). The lowest BCUT2D eigenvalue weighted by Crippen LogP contribution is -2.31. The minimum absolute atomic E-state index is 0.240. The Hall–Kier alpha value is -2.60. The van der Waals surface area contributed by atoms with E-state index in [4.69, 9.17) is 9.15 Å². The van der Waals surface area contributed by atoms with Crippen LogP contribution in [0, 0.1) is 11.7 Å². The van der Waals surface area contributed by atoms with Gasteiger partial charge >= 0.3 is 5.76 Å². The Bertz CT molecular complexity index is 919. The zero-order valence-corrected chi connectivity index (χ0v) is 13.6. The highest BCUT2D eigenvalue weighted by Crippen LogP contribution is 2.32. The second kappa shape index (κ2) is 6.72. The maximum atomic E-state index is 14.2. The van der Waals surface area contributed by atoms with Crippen LogP contribution in [0.3, 0.4) is 0 Å². The summed E-state index contributed by atoms with van der Waals surface area (Å²) in [5.74, 6) is -0.391. The van der Waals surface area contributed by atoms with Crippen LogP contribution in [-0.4, -0.2) is 24.7 Å². The van der Waals surface area contributed by atoms with Crippen LogP contribution in [0.1, 0.15) is 17.9 Å². The Morgan fingerprint density at radius 1 is 1.24 bits per heavy atom. The van der Waals surface area contributed by atoms with E-state index in [0.717, 1.165) is 13.0 Å². The summed E-state index contributed by atoms with van der Waals surface area (Å²) in [6.07, 6.45) is 0.949. The lowest BCUT2D eigenvalue weighted by atomic mass is 9.82. The molecule has 2 atom stereocenters. The van der Waals surface area contributed by atoms with Gasteiger partial charge in [0.05, 0.1) is 17.8 Å². The van der Waals surface area contributed by atoms with Gasteiger partial charge in [-0.2, -0.15) is 0 Å². The molecule has 5 nitrogen and oxygen atoms in total. The summed E-state index contributed by atoms with van der Waals surface area (Å²) in [6, 6.07) is 13.1. The Morgan fingerprint density at radius 3 is 2.92 bits per heavy atom. The van der Waals surface area contributed by atoms with Gasteiger partial charge in [0.25, 0.3) is 0 Å². The van der Waals surface area contributed by atoms with Crippen molar-refractivity contribution in [1.82, 2.24) is 4.98 Å². The zero-order valence-electron chi connectivity index (χ0n) is 13.6. The van der Waals surface area contributed by atoms with Gasteiger partial charge in [0.15, 0.2) is 5.58 Å². The van der Waals surface area contributed by atoms with Crippen LogP contribution in [0.25, 0.3) is 11.1 Å². The molecule has 0 bridgehead atoms. The van der Waals surface area contributed by atoms with Crippen molar-refractivity contribution in [3.8, 4) is 0 Å². The summed E-state index contributed by atoms with van der Waals surface area (Å²) < 4.78 is 24.9. The Kier molecular flexibility index (Phi) is 4.28. The molecule has 0 aliphatic carbocycles. The number of H-pyrrole nitrogens is 1. The fraction of sp³-hybridized carbons (Fsp3) is 0.316. The highest BCUT2D eigenvalue weighted by Gasteiger charge is 2.27. The number of fused-ring (bicyclic) bond motifs is 1. The summed E-state index contributed by atoms with van der Waals surface area (Å²) in [5, 5.41) is 3.15. The average Bonchev–Trinajstić information content (AvgIpc) is 2.99. The van der Waals surface area contributed by atoms with Crippen LogP contribution in [0.5, 0.6) is 0 Å². The molecule has 1 fully saturated rings. The Morgan fingerprint density at radius 2 is 2.08 bits per heavy atom. The lowest BCUT2D eigenvalue weighted by molar-refractivity contribution is 0.0451. The van der Waals surface area contributed by atoms with Crippen molar-refractivity contribution in [2.75, 3.05) is 25.1 Å². The van der Waals surface area contributed by atoms with E-state index in [1.807, 2.05) is 18.2 Å². The minimum atomic E-state index is -0.587. The molecule has 1 aromatic heterocycles. The third-order valence-electron chi connectivity index (χ3n) is 4.77. The van der Waals surface area contributed by atoms with Gasteiger partial charge in [0, 0.05) is 31.2 Å². The number of oxazole rings is 1. The van der Waals surface area contributed by atoms with Gasteiger partial charge in [0.2, 0.25) is 0 Å². The number of hydrogen-bond acceptors (Lipinski definition) is 4. The maximum absolute atomic E-state index is 14.2. The molecule has 1 saturated heterocycles. The van der Waals surface area contributed by atoms with E-state index in [1.54, 1.807) is 0 Å². The summed E-state index contributed by atoms with van der Waals surface area (Å²) in [7, 11) is 0. The molecule has 0 spiro atoms. The topological polar surface area (TPSA) is 67.3 Å². The highest BCUT2D eigenvalue weighted by atomic mass is 19.1. The third-order valence-corrected chi connectivity index (χ3v) is 4.77. The molecule has 1 aliphatic heterocycles. The smallest absolute Gasteiger partial charge is 0.408 e. The third kappa shape index (κ3) is 3.30. The molecular weight excluding hydrogens is 323 g/mol. The van der Waals surface area contributed by atoms with E-state index < -0.39 is 11.6 Å². The van der Waals surface area contributed by atoms with E-state index >= 15 is 0 Å².